The van der Waals surface area contributed by atoms with E-state index in [4.69, 9.17) is 4.74 Å². The van der Waals surface area contributed by atoms with Crippen molar-refractivity contribution >= 4 is 5.91 Å². The molecule has 1 aliphatic carbocycles. The molecule has 1 saturated heterocycles. The van der Waals surface area contributed by atoms with Gasteiger partial charge >= 0.3 is 0 Å². The fourth-order valence-corrected chi connectivity index (χ4v) is 3.32. The number of hydrogen-bond acceptors (Lipinski definition) is 3. The van der Waals surface area contributed by atoms with Crippen LogP contribution in [0.4, 0.5) is 0 Å². The summed E-state index contributed by atoms with van der Waals surface area (Å²) in [6, 6.07) is 0. The largest absolute Gasteiger partial charge is 0.378 e. The number of carbonyl (C=O) groups is 1. The van der Waals surface area contributed by atoms with Gasteiger partial charge in [0, 0.05) is 13.6 Å². The summed E-state index contributed by atoms with van der Waals surface area (Å²) in [6.45, 7) is 3.60. The molecule has 0 aromatic rings. The number of nitrogens with zero attached hydrogens (tertiary/aromatic N) is 1. The maximum absolute atomic E-state index is 12.1. The first-order chi connectivity index (χ1) is 9.75. The van der Waals surface area contributed by atoms with Crippen LogP contribution < -0.4 is 5.32 Å². The van der Waals surface area contributed by atoms with Gasteiger partial charge in [-0.1, -0.05) is 19.3 Å². The van der Waals surface area contributed by atoms with Crippen molar-refractivity contribution in [3.63, 3.8) is 0 Å². The third-order valence-corrected chi connectivity index (χ3v) is 4.64. The van der Waals surface area contributed by atoms with E-state index in [1.165, 1.54) is 32.1 Å². The lowest BCUT2D eigenvalue weighted by Crippen LogP contribution is -2.35. The second-order valence-electron chi connectivity index (χ2n) is 6.35. The van der Waals surface area contributed by atoms with E-state index in [0.717, 1.165) is 38.4 Å². The van der Waals surface area contributed by atoms with Crippen LogP contribution in [0.1, 0.15) is 51.4 Å². The molecule has 1 aliphatic heterocycles. The Balaban J connectivity index is 1.58. The third-order valence-electron chi connectivity index (χ3n) is 4.64. The van der Waals surface area contributed by atoms with Gasteiger partial charge in [-0.05, 0) is 44.7 Å². The first-order valence-corrected chi connectivity index (χ1v) is 8.32. The minimum atomic E-state index is 0.240. The minimum absolute atomic E-state index is 0.240. The van der Waals surface area contributed by atoms with Crippen molar-refractivity contribution in [3.05, 3.63) is 0 Å². The lowest BCUT2D eigenvalue weighted by molar-refractivity contribution is -0.132. The first kappa shape index (κ1) is 15.8. The molecule has 4 nitrogen and oxygen atoms in total. The van der Waals surface area contributed by atoms with Crippen LogP contribution in [0.15, 0.2) is 0 Å². The summed E-state index contributed by atoms with van der Waals surface area (Å²) in [6.07, 6.45) is 9.68. The SMILES string of the molecule is CN(CC1CCCCC1)C(=O)CCOC1CCNCC1. The van der Waals surface area contributed by atoms with Crippen molar-refractivity contribution < 1.29 is 9.53 Å². The number of ether oxygens (including phenoxy) is 1. The van der Waals surface area contributed by atoms with E-state index in [0.29, 0.717) is 19.1 Å². The van der Waals surface area contributed by atoms with E-state index in [-0.39, 0.29) is 5.91 Å². The highest BCUT2D eigenvalue weighted by atomic mass is 16.5. The standard InChI is InChI=1S/C16H30N2O2/c1-18(13-14-5-3-2-4-6-14)16(19)9-12-20-15-7-10-17-11-8-15/h14-15,17H,2-13H2,1H3. The van der Waals surface area contributed by atoms with Gasteiger partial charge in [-0.3, -0.25) is 4.79 Å². The Bertz CT molecular complexity index is 284. The molecule has 1 saturated carbocycles. The van der Waals surface area contributed by atoms with E-state index >= 15 is 0 Å². The lowest BCUT2D eigenvalue weighted by Gasteiger charge is -2.27. The molecule has 2 fully saturated rings. The average Bonchev–Trinajstić information content (AvgIpc) is 2.49. The average molecular weight is 282 g/mol. The second kappa shape index (κ2) is 8.63. The Hall–Kier alpha value is -0.610. The van der Waals surface area contributed by atoms with Gasteiger partial charge in [-0.15, -0.1) is 0 Å². The van der Waals surface area contributed by atoms with Crippen LogP contribution in [0.3, 0.4) is 0 Å². The highest BCUT2D eigenvalue weighted by molar-refractivity contribution is 5.75. The molecule has 1 N–H and O–H groups in total. The van der Waals surface area contributed by atoms with Gasteiger partial charge < -0.3 is 15.0 Å². The number of rotatable bonds is 6. The minimum Gasteiger partial charge on any atom is -0.378 e. The number of hydrogen-bond donors (Lipinski definition) is 1. The van der Waals surface area contributed by atoms with Gasteiger partial charge in [0.25, 0.3) is 0 Å². The van der Waals surface area contributed by atoms with E-state index in [9.17, 15) is 4.79 Å². The van der Waals surface area contributed by atoms with Crippen LogP contribution in [0.5, 0.6) is 0 Å². The molecule has 20 heavy (non-hydrogen) atoms. The van der Waals surface area contributed by atoms with Crippen molar-refractivity contribution in [1.29, 1.82) is 0 Å². The Morgan fingerprint density at radius 3 is 2.55 bits per heavy atom. The zero-order chi connectivity index (χ0) is 14.2. The summed E-state index contributed by atoms with van der Waals surface area (Å²) in [7, 11) is 1.95. The molecule has 2 rings (SSSR count). The molecule has 116 valence electrons. The molecule has 1 amide bonds. The topological polar surface area (TPSA) is 41.6 Å². The summed E-state index contributed by atoms with van der Waals surface area (Å²) in [5.41, 5.74) is 0. The zero-order valence-corrected chi connectivity index (χ0v) is 12.9. The number of carbonyl (C=O) groups excluding carboxylic acids is 1. The maximum Gasteiger partial charge on any atom is 0.224 e. The van der Waals surface area contributed by atoms with Gasteiger partial charge in [0.2, 0.25) is 5.91 Å². The van der Waals surface area contributed by atoms with Crippen molar-refractivity contribution in [2.45, 2.75) is 57.5 Å². The van der Waals surface area contributed by atoms with Crippen LogP contribution in [-0.4, -0.2) is 50.2 Å². The molecule has 0 atom stereocenters. The van der Waals surface area contributed by atoms with Gasteiger partial charge in [0.15, 0.2) is 0 Å². The van der Waals surface area contributed by atoms with E-state index in [2.05, 4.69) is 5.32 Å². The molecule has 0 aromatic carbocycles. The predicted molar refractivity (Wildman–Crippen MR) is 80.7 cm³/mol. The molecule has 0 bridgehead atoms. The van der Waals surface area contributed by atoms with E-state index < -0.39 is 0 Å². The molecule has 4 heteroatoms. The summed E-state index contributed by atoms with van der Waals surface area (Å²) in [4.78, 5) is 14.0. The normalized spacial score (nSPS) is 21.9. The zero-order valence-electron chi connectivity index (χ0n) is 12.9. The summed E-state index contributed by atoms with van der Waals surface area (Å²) >= 11 is 0. The fraction of sp³-hybridized carbons (Fsp3) is 0.938. The van der Waals surface area contributed by atoms with Crippen LogP contribution in [0, 0.1) is 5.92 Å². The fourth-order valence-electron chi connectivity index (χ4n) is 3.32. The molecule has 1 heterocycles. The molecular formula is C16H30N2O2. The molecular weight excluding hydrogens is 252 g/mol. The number of nitrogens with one attached hydrogen (secondary N) is 1. The molecule has 0 radical (unpaired) electrons. The van der Waals surface area contributed by atoms with Crippen LogP contribution >= 0.6 is 0 Å². The first-order valence-electron chi connectivity index (χ1n) is 8.32. The van der Waals surface area contributed by atoms with Crippen molar-refractivity contribution in [1.82, 2.24) is 10.2 Å². The van der Waals surface area contributed by atoms with Crippen LogP contribution in [-0.2, 0) is 9.53 Å². The quantitative estimate of drug-likeness (QED) is 0.812. The van der Waals surface area contributed by atoms with E-state index in [1.54, 1.807) is 0 Å². The maximum atomic E-state index is 12.1. The Kier molecular flexibility index (Phi) is 6.80. The second-order valence-corrected chi connectivity index (χ2v) is 6.35. The summed E-state index contributed by atoms with van der Waals surface area (Å²) < 4.78 is 5.81. The van der Waals surface area contributed by atoms with Gasteiger partial charge in [-0.2, -0.15) is 0 Å². The third kappa shape index (κ3) is 5.41. The molecule has 2 aliphatic rings. The molecule has 0 aromatic heterocycles. The number of amides is 1. The van der Waals surface area contributed by atoms with Gasteiger partial charge in [0.05, 0.1) is 19.1 Å². The molecule has 0 unspecified atom stereocenters. The predicted octanol–water partition coefficient (Wildman–Crippen LogP) is 2.18. The van der Waals surface area contributed by atoms with Crippen molar-refractivity contribution in [2.75, 3.05) is 33.3 Å². The van der Waals surface area contributed by atoms with Crippen molar-refractivity contribution in [3.8, 4) is 0 Å². The monoisotopic (exact) mass is 282 g/mol. The summed E-state index contributed by atoms with van der Waals surface area (Å²) in [5, 5.41) is 3.32. The highest BCUT2D eigenvalue weighted by Gasteiger charge is 2.19. The van der Waals surface area contributed by atoms with E-state index in [1.807, 2.05) is 11.9 Å². The Morgan fingerprint density at radius 1 is 1.15 bits per heavy atom. The molecule has 0 spiro atoms. The van der Waals surface area contributed by atoms with Gasteiger partial charge in [-0.25, -0.2) is 0 Å². The number of piperidine rings is 1. The van der Waals surface area contributed by atoms with Gasteiger partial charge in [0.1, 0.15) is 0 Å². The van der Waals surface area contributed by atoms with Crippen molar-refractivity contribution in [2.24, 2.45) is 5.92 Å². The van der Waals surface area contributed by atoms with Crippen LogP contribution in [0.2, 0.25) is 0 Å². The Labute approximate surface area is 123 Å². The van der Waals surface area contributed by atoms with Crippen LogP contribution in [0.25, 0.3) is 0 Å². The highest BCUT2D eigenvalue weighted by Crippen LogP contribution is 2.24. The lowest BCUT2D eigenvalue weighted by atomic mass is 9.89. The Morgan fingerprint density at radius 2 is 1.85 bits per heavy atom. The smallest absolute Gasteiger partial charge is 0.224 e. The summed E-state index contributed by atoms with van der Waals surface area (Å²) in [5.74, 6) is 0.965.